The molecule has 0 aliphatic rings. The van der Waals surface area contributed by atoms with Gasteiger partial charge in [0.1, 0.15) is 18.1 Å². The third kappa shape index (κ3) is 4.99. The van der Waals surface area contributed by atoms with Crippen LogP contribution in [-0.4, -0.2) is 45.2 Å². The molecule has 0 atom stereocenters. The molecule has 0 saturated heterocycles. The second-order valence-electron chi connectivity index (χ2n) is 5.38. The largest absolute Gasteiger partial charge is 0.497 e. The Bertz CT molecular complexity index is 637. The summed E-state index contributed by atoms with van der Waals surface area (Å²) in [6.45, 7) is 1.47. The van der Waals surface area contributed by atoms with Gasteiger partial charge in [0.05, 0.1) is 20.3 Å². The molecular weight excluding hydrogens is 306 g/mol. The van der Waals surface area contributed by atoms with E-state index in [2.05, 4.69) is 0 Å². The van der Waals surface area contributed by atoms with Crippen LogP contribution in [-0.2, 0) is 11.3 Å². The van der Waals surface area contributed by atoms with Gasteiger partial charge in [-0.1, -0.05) is 12.1 Å². The van der Waals surface area contributed by atoms with Gasteiger partial charge >= 0.3 is 0 Å². The molecule has 0 aliphatic heterocycles. The fraction of sp³-hybridized carbons (Fsp3) is 0.316. The molecule has 2 aromatic carbocycles. The predicted molar refractivity (Wildman–Crippen MR) is 92.6 cm³/mol. The molecule has 0 N–H and O–H groups in total. The van der Waals surface area contributed by atoms with Crippen LogP contribution < -0.4 is 9.47 Å². The first-order chi connectivity index (χ1) is 11.6. The van der Waals surface area contributed by atoms with Crippen molar-refractivity contribution >= 4 is 5.91 Å². The molecule has 2 rings (SSSR count). The van der Waals surface area contributed by atoms with Crippen molar-refractivity contribution in [3.05, 3.63) is 59.7 Å². The number of carbonyl (C=O) groups is 1. The lowest BCUT2D eigenvalue weighted by Gasteiger charge is -2.18. The van der Waals surface area contributed by atoms with E-state index >= 15 is 0 Å². The Morgan fingerprint density at radius 2 is 1.58 bits per heavy atom. The van der Waals surface area contributed by atoms with Gasteiger partial charge < -0.3 is 19.1 Å². The summed E-state index contributed by atoms with van der Waals surface area (Å²) in [5.41, 5.74) is 1.70. The standard InChI is InChI=1S/C19H23NO4/c1-20(12-13-24-18-10-8-17(23-3)9-11-18)19(21)16-6-4-15(5-7-16)14-22-2/h4-11H,12-14H2,1-3H3. The van der Waals surface area contributed by atoms with Crippen molar-refractivity contribution in [2.45, 2.75) is 6.61 Å². The maximum atomic E-state index is 12.4. The summed E-state index contributed by atoms with van der Waals surface area (Å²) in [5.74, 6) is 1.50. The van der Waals surface area contributed by atoms with Gasteiger partial charge in [-0.25, -0.2) is 0 Å². The van der Waals surface area contributed by atoms with Crippen molar-refractivity contribution in [1.29, 1.82) is 0 Å². The zero-order chi connectivity index (χ0) is 17.4. The van der Waals surface area contributed by atoms with Crippen LogP contribution in [0, 0.1) is 0 Å². The minimum Gasteiger partial charge on any atom is -0.497 e. The number of hydrogen-bond donors (Lipinski definition) is 0. The van der Waals surface area contributed by atoms with E-state index in [1.54, 1.807) is 26.2 Å². The monoisotopic (exact) mass is 329 g/mol. The quantitative estimate of drug-likeness (QED) is 0.747. The third-order valence-electron chi connectivity index (χ3n) is 3.61. The van der Waals surface area contributed by atoms with Gasteiger partial charge in [0.25, 0.3) is 5.91 Å². The van der Waals surface area contributed by atoms with Crippen LogP contribution >= 0.6 is 0 Å². The fourth-order valence-corrected chi connectivity index (χ4v) is 2.20. The molecule has 1 amide bonds. The highest BCUT2D eigenvalue weighted by Gasteiger charge is 2.11. The number of ether oxygens (including phenoxy) is 3. The molecule has 0 aromatic heterocycles. The number of rotatable bonds is 8. The number of nitrogens with zero attached hydrogens (tertiary/aromatic N) is 1. The zero-order valence-electron chi connectivity index (χ0n) is 14.3. The van der Waals surface area contributed by atoms with Crippen molar-refractivity contribution in [1.82, 2.24) is 4.90 Å². The molecule has 0 heterocycles. The minimum atomic E-state index is -0.0303. The van der Waals surface area contributed by atoms with Crippen molar-refractivity contribution in [2.24, 2.45) is 0 Å². The van der Waals surface area contributed by atoms with Gasteiger partial charge in [0, 0.05) is 19.7 Å². The first-order valence-corrected chi connectivity index (χ1v) is 7.74. The van der Waals surface area contributed by atoms with Gasteiger partial charge in [0.2, 0.25) is 0 Å². The lowest BCUT2D eigenvalue weighted by molar-refractivity contribution is 0.0773. The van der Waals surface area contributed by atoms with Gasteiger partial charge in [-0.2, -0.15) is 0 Å². The normalized spacial score (nSPS) is 10.3. The third-order valence-corrected chi connectivity index (χ3v) is 3.61. The van der Waals surface area contributed by atoms with E-state index in [1.807, 2.05) is 48.5 Å². The summed E-state index contributed by atoms with van der Waals surface area (Å²) < 4.78 is 15.8. The molecule has 0 saturated carbocycles. The topological polar surface area (TPSA) is 48.0 Å². The van der Waals surface area contributed by atoms with Crippen LogP contribution in [0.3, 0.4) is 0 Å². The van der Waals surface area contributed by atoms with E-state index in [0.29, 0.717) is 25.3 Å². The number of benzene rings is 2. The van der Waals surface area contributed by atoms with Gasteiger partial charge in [-0.3, -0.25) is 4.79 Å². The lowest BCUT2D eigenvalue weighted by Crippen LogP contribution is -2.30. The van der Waals surface area contributed by atoms with Crippen molar-refractivity contribution in [3.8, 4) is 11.5 Å². The highest BCUT2D eigenvalue weighted by atomic mass is 16.5. The highest BCUT2D eigenvalue weighted by Crippen LogP contribution is 2.17. The summed E-state index contributed by atoms with van der Waals surface area (Å²) in [6.07, 6.45) is 0. The van der Waals surface area contributed by atoms with E-state index in [4.69, 9.17) is 14.2 Å². The number of carbonyl (C=O) groups excluding carboxylic acids is 1. The molecule has 0 fully saturated rings. The van der Waals surface area contributed by atoms with Gasteiger partial charge in [0.15, 0.2) is 0 Å². The Kier molecular flexibility index (Phi) is 6.63. The molecule has 0 spiro atoms. The second-order valence-corrected chi connectivity index (χ2v) is 5.38. The fourth-order valence-electron chi connectivity index (χ4n) is 2.20. The number of amides is 1. The van der Waals surface area contributed by atoms with Crippen LogP contribution in [0.15, 0.2) is 48.5 Å². The summed E-state index contributed by atoms with van der Waals surface area (Å²) in [4.78, 5) is 14.0. The average Bonchev–Trinajstić information content (AvgIpc) is 2.62. The average molecular weight is 329 g/mol. The van der Waals surface area contributed by atoms with Crippen LogP contribution in [0.5, 0.6) is 11.5 Å². The van der Waals surface area contributed by atoms with Crippen LogP contribution in [0.25, 0.3) is 0 Å². The van der Waals surface area contributed by atoms with Gasteiger partial charge in [-0.15, -0.1) is 0 Å². The van der Waals surface area contributed by atoms with Crippen molar-refractivity contribution < 1.29 is 19.0 Å². The molecule has 0 aliphatic carbocycles. The van der Waals surface area contributed by atoms with Gasteiger partial charge in [-0.05, 0) is 42.0 Å². The van der Waals surface area contributed by atoms with E-state index in [1.165, 1.54) is 0 Å². The molecule has 0 radical (unpaired) electrons. The van der Waals surface area contributed by atoms with Crippen molar-refractivity contribution in [3.63, 3.8) is 0 Å². The van der Waals surface area contributed by atoms with Crippen molar-refractivity contribution in [2.75, 3.05) is 34.4 Å². The van der Waals surface area contributed by atoms with E-state index in [-0.39, 0.29) is 5.91 Å². The smallest absolute Gasteiger partial charge is 0.253 e. The Hall–Kier alpha value is -2.53. The molecule has 5 nitrogen and oxygen atoms in total. The van der Waals surface area contributed by atoms with E-state index in [9.17, 15) is 4.79 Å². The zero-order valence-corrected chi connectivity index (χ0v) is 14.3. The molecule has 2 aromatic rings. The summed E-state index contributed by atoms with van der Waals surface area (Å²) in [7, 11) is 5.04. The highest BCUT2D eigenvalue weighted by molar-refractivity contribution is 5.94. The minimum absolute atomic E-state index is 0.0303. The van der Waals surface area contributed by atoms with E-state index in [0.717, 1.165) is 17.1 Å². The summed E-state index contributed by atoms with van der Waals surface area (Å²) in [6, 6.07) is 14.8. The number of likely N-dealkylation sites (N-methyl/N-ethyl adjacent to an activating group) is 1. The Labute approximate surface area is 142 Å². The predicted octanol–water partition coefficient (Wildman–Crippen LogP) is 2.99. The summed E-state index contributed by atoms with van der Waals surface area (Å²) >= 11 is 0. The molecule has 5 heteroatoms. The lowest BCUT2D eigenvalue weighted by atomic mass is 10.1. The summed E-state index contributed by atoms with van der Waals surface area (Å²) in [5, 5.41) is 0. The van der Waals surface area contributed by atoms with Crippen LogP contribution in [0.1, 0.15) is 15.9 Å². The molecule has 24 heavy (non-hydrogen) atoms. The number of hydrogen-bond acceptors (Lipinski definition) is 4. The second kappa shape index (κ2) is 8.93. The number of methoxy groups -OCH3 is 2. The Morgan fingerprint density at radius 3 is 2.17 bits per heavy atom. The first kappa shape index (κ1) is 17.8. The molecule has 0 bridgehead atoms. The Morgan fingerprint density at radius 1 is 0.958 bits per heavy atom. The molecule has 0 unspecified atom stereocenters. The van der Waals surface area contributed by atoms with Crippen LogP contribution in [0.2, 0.25) is 0 Å². The maximum Gasteiger partial charge on any atom is 0.253 e. The Balaban J connectivity index is 1.82. The SMILES string of the molecule is COCc1ccc(C(=O)N(C)CCOc2ccc(OC)cc2)cc1. The maximum absolute atomic E-state index is 12.4. The molecule has 128 valence electrons. The van der Waals surface area contributed by atoms with E-state index < -0.39 is 0 Å². The van der Waals surface area contributed by atoms with Crippen LogP contribution in [0.4, 0.5) is 0 Å². The molecular formula is C19H23NO4. The first-order valence-electron chi connectivity index (χ1n) is 7.74.